The molecule has 174 valence electrons. The van der Waals surface area contributed by atoms with Crippen molar-refractivity contribution < 1.29 is 27.5 Å². The Balaban J connectivity index is 1.55. The fraction of sp³-hybridized carbons (Fsp3) is 0.375. The lowest BCUT2D eigenvalue weighted by Gasteiger charge is -2.19. The van der Waals surface area contributed by atoms with Gasteiger partial charge in [0, 0.05) is 5.69 Å². The van der Waals surface area contributed by atoms with Crippen molar-refractivity contribution in [2.24, 2.45) is 11.8 Å². The number of benzene rings is 2. The van der Waals surface area contributed by atoms with Crippen LogP contribution in [-0.2, 0) is 30.9 Å². The van der Waals surface area contributed by atoms with Gasteiger partial charge in [-0.1, -0.05) is 25.0 Å². The maximum atomic E-state index is 13.1. The van der Waals surface area contributed by atoms with Gasteiger partial charge in [0.25, 0.3) is 10.0 Å². The first-order valence-corrected chi connectivity index (χ1v) is 12.4. The lowest BCUT2D eigenvalue weighted by atomic mass is 9.81. The van der Waals surface area contributed by atoms with Crippen LogP contribution in [0.25, 0.3) is 0 Å². The van der Waals surface area contributed by atoms with Crippen LogP contribution in [0, 0.1) is 18.8 Å². The Kier molecular flexibility index (Phi) is 6.25. The normalized spacial score (nSPS) is 20.5. The summed E-state index contributed by atoms with van der Waals surface area (Å²) in [4.78, 5) is 38.5. The third kappa shape index (κ3) is 4.50. The number of sulfonamides is 1. The van der Waals surface area contributed by atoms with Gasteiger partial charge in [0.05, 0.1) is 35.9 Å². The summed E-state index contributed by atoms with van der Waals surface area (Å²) in [6.07, 6.45) is 3.37. The summed E-state index contributed by atoms with van der Waals surface area (Å²) in [6.45, 7) is 1.74. The maximum Gasteiger partial charge on any atom is 0.337 e. The number of likely N-dealkylation sites (tertiary alicyclic amines) is 1. The quantitative estimate of drug-likeness (QED) is 0.513. The largest absolute Gasteiger partial charge is 0.465 e. The highest BCUT2D eigenvalue weighted by Gasteiger charge is 2.47. The standard InChI is InChI=1S/C24H26N2O6S/c1-15-7-8-16(14-26-22(27)19-5-3-4-6-20(19)23(26)28)13-21(15)33(30,31)25-18-11-9-17(10-12-18)24(29)32-2/h7-13,19-20,25H,3-6,14H2,1-2H3/t19-,20+. The second kappa shape index (κ2) is 8.97. The summed E-state index contributed by atoms with van der Waals surface area (Å²) >= 11 is 0. The Morgan fingerprint density at radius 1 is 1.03 bits per heavy atom. The van der Waals surface area contributed by atoms with Gasteiger partial charge in [-0.15, -0.1) is 0 Å². The SMILES string of the molecule is COC(=O)c1ccc(NS(=O)(=O)c2cc(CN3C(=O)[C@H]4CCCC[C@H]4C3=O)ccc2C)cc1. The molecule has 2 fully saturated rings. The number of hydrogen-bond acceptors (Lipinski definition) is 6. The van der Waals surface area contributed by atoms with Gasteiger partial charge in [-0.05, 0) is 61.2 Å². The van der Waals surface area contributed by atoms with Crippen LogP contribution in [0.1, 0.15) is 47.2 Å². The molecule has 0 aromatic heterocycles. The van der Waals surface area contributed by atoms with Crippen LogP contribution < -0.4 is 4.72 Å². The summed E-state index contributed by atoms with van der Waals surface area (Å²) in [5.74, 6) is -1.31. The fourth-order valence-electron chi connectivity index (χ4n) is 4.60. The molecule has 1 saturated heterocycles. The summed E-state index contributed by atoms with van der Waals surface area (Å²) < 4.78 is 33.3. The lowest BCUT2D eigenvalue weighted by molar-refractivity contribution is -0.140. The molecule has 0 radical (unpaired) electrons. The Hall–Kier alpha value is -3.20. The number of nitrogens with zero attached hydrogens (tertiary/aromatic N) is 1. The number of ether oxygens (including phenoxy) is 1. The highest BCUT2D eigenvalue weighted by Crippen LogP contribution is 2.38. The number of rotatable bonds is 6. The van der Waals surface area contributed by atoms with Crippen molar-refractivity contribution >= 4 is 33.5 Å². The first-order chi connectivity index (χ1) is 15.7. The number of carbonyl (C=O) groups is 3. The van der Waals surface area contributed by atoms with E-state index in [9.17, 15) is 22.8 Å². The number of anilines is 1. The first-order valence-electron chi connectivity index (χ1n) is 10.9. The second-order valence-corrected chi connectivity index (χ2v) is 10.2. The van der Waals surface area contributed by atoms with E-state index in [0.29, 0.717) is 22.4 Å². The minimum atomic E-state index is -3.94. The summed E-state index contributed by atoms with van der Waals surface area (Å²) in [7, 11) is -2.67. The van der Waals surface area contributed by atoms with Gasteiger partial charge in [-0.3, -0.25) is 19.2 Å². The van der Waals surface area contributed by atoms with E-state index in [1.54, 1.807) is 19.1 Å². The zero-order valence-electron chi connectivity index (χ0n) is 18.5. The predicted molar refractivity (Wildman–Crippen MR) is 121 cm³/mol. The third-order valence-electron chi connectivity index (χ3n) is 6.37. The lowest BCUT2D eigenvalue weighted by Crippen LogP contribution is -2.30. The van der Waals surface area contributed by atoms with E-state index in [2.05, 4.69) is 9.46 Å². The molecule has 2 aliphatic rings. The number of amides is 2. The molecule has 33 heavy (non-hydrogen) atoms. The molecular formula is C24H26N2O6S. The zero-order chi connectivity index (χ0) is 23.8. The van der Waals surface area contributed by atoms with Gasteiger partial charge in [-0.25, -0.2) is 13.2 Å². The second-order valence-electron chi connectivity index (χ2n) is 8.53. The minimum Gasteiger partial charge on any atom is -0.465 e. The predicted octanol–water partition coefficient (Wildman–Crippen LogP) is 3.26. The van der Waals surface area contributed by atoms with Gasteiger partial charge in [0.1, 0.15) is 0 Å². The van der Waals surface area contributed by atoms with E-state index < -0.39 is 16.0 Å². The van der Waals surface area contributed by atoms with Crippen LogP contribution >= 0.6 is 0 Å². The van der Waals surface area contributed by atoms with Gasteiger partial charge in [-0.2, -0.15) is 0 Å². The van der Waals surface area contributed by atoms with Crippen LogP contribution in [-0.4, -0.2) is 38.2 Å². The van der Waals surface area contributed by atoms with Gasteiger partial charge >= 0.3 is 5.97 Å². The van der Waals surface area contributed by atoms with Crippen molar-refractivity contribution in [3.05, 3.63) is 59.2 Å². The Morgan fingerprint density at radius 3 is 2.21 bits per heavy atom. The summed E-state index contributed by atoms with van der Waals surface area (Å²) in [5.41, 5.74) is 1.70. The first kappa shape index (κ1) is 23.0. The van der Waals surface area contributed by atoms with Crippen LogP contribution in [0.2, 0.25) is 0 Å². The molecule has 2 aromatic carbocycles. The topological polar surface area (TPSA) is 110 Å². The molecule has 1 heterocycles. The average Bonchev–Trinajstić information content (AvgIpc) is 3.05. The van der Waals surface area contributed by atoms with Crippen molar-refractivity contribution in [3.8, 4) is 0 Å². The highest BCUT2D eigenvalue weighted by molar-refractivity contribution is 7.92. The molecule has 0 bridgehead atoms. The molecule has 0 spiro atoms. The smallest absolute Gasteiger partial charge is 0.337 e. The number of aryl methyl sites for hydroxylation is 1. The number of hydrogen-bond donors (Lipinski definition) is 1. The number of fused-ring (bicyclic) bond motifs is 1. The number of carbonyl (C=O) groups excluding carboxylic acids is 3. The molecule has 8 nitrogen and oxygen atoms in total. The molecule has 1 aliphatic heterocycles. The van der Waals surface area contributed by atoms with Crippen LogP contribution in [0.15, 0.2) is 47.4 Å². The van der Waals surface area contributed by atoms with E-state index in [1.165, 1.54) is 42.3 Å². The molecular weight excluding hydrogens is 444 g/mol. The van der Waals surface area contributed by atoms with E-state index in [1.807, 2.05) is 0 Å². The molecule has 1 N–H and O–H groups in total. The highest BCUT2D eigenvalue weighted by atomic mass is 32.2. The Morgan fingerprint density at radius 2 is 1.64 bits per heavy atom. The molecule has 4 rings (SSSR count). The van der Waals surface area contributed by atoms with Crippen molar-refractivity contribution in [1.82, 2.24) is 4.90 Å². The van der Waals surface area contributed by atoms with Crippen LogP contribution in [0.5, 0.6) is 0 Å². The molecule has 2 amide bonds. The van der Waals surface area contributed by atoms with Crippen molar-refractivity contribution in [2.75, 3.05) is 11.8 Å². The van der Waals surface area contributed by atoms with Crippen LogP contribution in [0.3, 0.4) is 0 Å². The van der Waals surface area contributed by atoms with Crippen molar-refractivity contribution in [3.63, 3.8) is 0 Å². The molecule has 1 saturated carbocycles. The molecule has 1 aliphatic carbocycles. The number of imide groups is 1. The number of nitrogens with one attached hydrogen (secondary N) is 1. The fourth-order valence-corrected chi connectivity index (χ4v) is 5.96. The van der Waals surface area contributed by atoms with Crippen molar-refractivity contribution in [1.29, 1.82) is 0 Å². The summed E-state index contributed by atoms with van der Waals surface area (Å²) in [6, 6.07) is 10.8. The van der Waals surface area contributed by atoms with E-state index in [4.69, 9.17) is 0 Å². The summed E-state index contributed by atoms with van der Waals surface area (Å²) in [5, 5.41) is 0. The van der Waals surface area contributed by atoms with Gasteiger partial charge in [0.15, 0.2) is 0 Å². The number of methoxy groups -OCH3 is 1. The average molecular weight is 471 g/mol. The maximum absolute atomic E-state index is 13.1. The Labute approximate surface area is 193 Å². The molecule has 9 heteroatoms. The van der Waals surface area contributed by atoms with Crippen molar-refractivity contribution in [2.45, 2.75) is 44.0 Å². The number of esters is 1. The minimum absolute atomic E-state index is 0.0568. The van der Waals surface area contributed by atoms with E-state index >= 15 is 0 Å². The van der Waals surface area contributed by atoms with Gasteiger partial charge < -0.3 is 4.74 Å². The van der Waals surface area contributed by atoms with Crippen LogP contribution in [0.4, 0.5) is 5.69 Å². The Bertz CT molecular complexity index is 1180. The van der Waals surface area contributed by atoms with Gasteiger partial charge in [0.2, 0.25) is 11.8 Å². The third-order valence-corrected chi connectivity index (χ3v) is 7.90. The molecule has 2 aromatic rings. The van der Waals surface area contributed by atoms with E-state index in [0.717, 1.165) is 25.7 Å². The zero-order valence-corrected chi connectivity index (χ0v) is 19.4. The molecule has 0 unspecified atom stereocenters. The molecule has 2 atom stereocenters. The monoisotopic (exact) mass is 470 g/mol. The van der Waals surface area contributed by atoms with E-state index in [-0.39, 0.29) is 35.1 Å².